The van der Waals surface area contributed by atoms with Crippen LogP contribution in [0.2, 0.25) is 0 Å². The standard InChI is InChI=1S/C11H15.BrH.Mg/c1-4-10-6-9(3)7-11(5-2)8-10;;/h6-7H,4-5H2,1-3H3;1H;/q-1;;+2/p-1. The van der Waals surface area contributed by atoms with Gasteiger partial charge in [-0.25, -0.2) is 0 Å². The Morgan fingerprint density at radius 1 is 1.08 bits per heavy atom. The summed E-state index contributed by atoms with van der Waals surface area (Å²) >= 11 is 0. The Morgan fingerprint density at radius 2 is 1.46 bits per heavy atom. The number of rotatable bonds is 2. The van der Waals surface area contributed by atoms with Gasteiger partial charge in [0, 0.05) is 0 Å². The van der Waals surface area contributed by atoms with Crippen LogP contribution in [0.3, 0.4) is 0 Å². The Kier molecular flexibility index (Phi) is 9.59. The summed E-state index contributed by atoms with van der Waals surface area (Å²) in [6.45, 7) is 6.49. The summed E-state index contributed by atoms with van der Waals surface area (Å²) in [6, 6.07) is 7.80. The molecule has 1 rings (SSSR count). The van der Waals surface area contributed by atoms with Gasteiger partial charge >= 0.3 is 23.1 Å². The van der Waals surface area contributed by atoms with Crippen LogP contribution in [0.15, 0.2) is 12.1 Å². The third-order valence-electron chi connectivity index (χ3n) is 1.89. The third kappa shape index (κ3) is 5.04. The number of hydrogen-bond acceptors (Lipinski definition) is 0. The van der Waals surface area contributed by atoms with Gasteiger partial charge in [-0.3, -0.25) is 0 Å². The van der Waals surface area contributed by atoms with Gasteiger partial charge < -0.3 is 17.0 Å². The molecule has 0 radical (unpaired) electrons. The average molecular weight is 251 g/mol. The Morgan fingerprint density at radius 3 is 1.77 bits per heavy atom. The van der Waals surface area contributed by atoms with Crippen molar-refractivity contribution in [1.82, 2.24) is 0 Å². The summed E-state index contributed by atoms with van der Waals surface area (Å²) in [6.07, 6.45) is 2.18. The zero-order valence-corrected chi connectivity index (χ0v) is 11.7. The topological polar surface area (TPSA) is 0 Å². The van der Waals surface area contributed by atoms with Crippen molar-refractivity contribution in [3.8, 4) is 0 Å². The van der Waals surface area contributed by atoms with E-state index >= 15 is 0 Å². The van der Waals surface area contributed by atoms with Crippen LogP contribution in [-0.4, -0.2) is 23.1 Å². The van der Waals surface area contributed by atoms with E-state index in [9.17, 15) is 0 Å². The molecule has 0 nitrogen and oxygen atoms in total. The first kappa shape index (κ1) is 15.9. The van der Waals surface area contributed by atoms with Crippen LogP contribution >= 0.6 is 0 Å². The summed E-state index contributed by atoms with van der Waals surface area (Å²) in [5, 5.41) is 0. The summed E-state index contributed by atoms with van der Waals surface area (Å²) in [5.41, 5.74) is 4.03. The second-order valence-electron chi connectivity index (χ2n) is 2.92. The molecule has 0 heterocycles. The molecule has 0 fully saturated rings. The van der Waals surface area contributed by atoms with Gasteiger partial charge in [0.15, 0.2) is 0 Å². The molecule has 0 aliphatic carbocycles. The number of benzene rings is 1. The number of aryl methyl sites for hydroxylation is 3. The minimum atomic E-state index is 0. The molecule has 0 N–H and O–H groups in total. The van der Waals surface area contributed by atoms with Gasteiger partial charge in [0.25, 0.3) is 0 Å². The van der Waals surface area contributed by atoms with E-state index in [1.807, 2.05) is 0 Å². The molecule has 0 aromatic heterocycles. The van der Waals surface area contributed by atoms with Crippen LogP contribution in [0, 0.1) is 13.0 Å². The SMILES string of the molecule is CCc1[c-]c(CC)cc(C)c1.[Br-].[Mg+2]. The first-order valence-electron chi connectivity index (χ1n) is 4.28. The Labute approximate surface area is 108 Å². The van der Waals surface area contributed by atoms with E-state index in [4.69, 9.17) is 0 Å². The Hall–Kier alpha value is 0.466. The van der Waals surface area contributed by atoms with E-state index in [1.54, 1.807) is 0 Å². The number of halogens is 1. The van der Waals surface area contributed by atoms with Crippen molar-refractivity contribution in [2.45, 2.75) is 33.6 Å². The maximum Gasteiger partial charge on any atom is 2.00 e. The van der Waals surface area contributed by atoms with Crippen LogP contribution in [0.4, 0.5) is 0 Å². The van der Waals surface area contributed by atoms with E-state index in [1.165, 1.54) is 16.7 Å². The van der Waals surface area contributed by atoms with Crippen molar-refractivity contribution >= 4 is 23.1 Å². The van der Waals surface area contributed by atoms with Crippen LogP contribution in [-0.2, 0) is 12.8 Å². The monoisotopic (exact) mass is 250 g/mol. The predicted octanol–water partition coefficient (Wildman–Crippen LogP) is -0.457. The Bertz CT molecular complexity index is 224. The molecule has 1 aromatic carbocycles. The minimum Gasteiger partial charge on any atom is -1.00 e. The van der Waals surface area contributed by atoms with Gasteiger partial charge in [-0.05, 0) is 0 Å². The van der Waals surface area contributed by atoms with E-state index < -0.39 is 0 Å². The molecule has 68 valence electrons. The summed E-state index contributed by atoms with van der Waals surface area (Å²) in [7, 11) is 0. The van der Waals surface area contributed by atoms with Crippen LogP contribution in [0.5, 0.6) is 0 Å². The van der Waals surface area contributed by atoms with Gasteiger partial charge in [-0.2, -0.15) is 34.9 Å². The van der Waals surface area contributed by atoms with Crippen LogP contribution in [0.1, 0.15) is 30.5 Å². The molecule has 0 amide bonds. The summed E-state index contributed by atoms with van der Waals surface area (Å²) in [4.78, 5) is 0. The first-order valence-corrected chi connectivity index (χ1v) is 4.28. The van der Waals surface area contributed by atoms with Gasteiger partial charge in [0.05, 0.1) is 0 Å². The fraction of sp³-hybridized carbons (Fsp3) is 0.455. The van der Waals surface area contributed by atoms with E-state index in [-0.39, 0.29) is 40.0 Å². The van der Waals surface area contributed by atoms with Gasteiger partial charge in [-0.1, -0.05) is 33.6 Å². The maximum atomic E-state index is 3.38. The molecular formula is C11H15BrMg. The molecular weight excluding hydrogens is 236 g/mol. The molecule has 0 spiro atoms. The zero-order valence-electron chi connectivity index (χ0n) is 8.65. The van der Waals surface area contributed by atoms with Crippen LogP contribution < -0.4 is 17.0 Å². The fourth-order valence-corrected chi connectivity index (χ4v) is 1.25. The molecule has 0 aliphatic heterocycles. The molecule has 0 saturated carbocycles. The fourth-order valence-electron chi connectivity index (χ4n) is 1.25. The first-order chi connectivity index (χ1) is 5.26. The molecule has 0 saturated heterocycles. The Balaban J connectivity index is 0. The third-order valence-corrected chi connectivity index (χ3v) is 1.89. The van der Waals surface area contributed by atoms with E-state index in [2.05, 4.69) is 39.0 Å². The molecule has 0 atom stereocenters. The molecule has 1 aromatic rings. The zero-order chi connectivity index (χ0) is 8.27. The van der Waals surface area contributed by atoms with Crippen molar-refractivity contribution in [2.24, 2.45) is 0 Å². The summed E-state index contributed by atoms with van der Waals surface area (Å²) < 4.78 is 0. The molecule has 0 unspecified atom stereocenters. The van der Waals surface area contributed by atoms with Crippen LogP contribution in [0.25, 0.3) is 0 Å². The second kappa shape index (κ2) is 7.83. The molecule has 2 heteroatoms. The average Bonchev–Trinajstić information content (AvgIpc) is 2.03. The predicted molar refractivity (Wildman–Crippen MR) is 54.5 cm³/mol. The van der Waals surface area contributed by atoms with Crippen molar-refractivity contribution in [1.29, 1.82) is 0 Å². The minimum absolute atomic E-state index is 0. The smallest absolute Gasteiger partial charge is 1.00 e. The van der Waals surface area contributed by atoms with Gasteiger partial charge in [-0.15, -0.1) is 0 Å². The molecule has 0 bridgehead atoms. The van der Waals surface area contributed by atoms with Crippen molar-refractivity contribution in [2.75, 3.05) is 0 Å². The van der Waals surface area contributed by atoms with Gasteiger partial charge in [0.1, 0.15) is 0 Å². The summed E-state index contributed by atoms with van der Waals surface area (Å²) in [5.74, 6) is 0. The van der Waals surface area contributed by atoms with Crippen molar-refractivity contribution in [3.05, 3.63) is 34.9 Å². The quantitative estimate of drug-likeness (QED) is 0.493. The maximum absolute atomic E-state index is 3.38. The van der Waals surface area contributed by atoms with E-state index in [0.29, 0.717) is 0 Å². The second-order valence-corrected chi connectivity index (χ2v) is 2.92. The normalized spacial score (nSPS) is 8.54. The van der Waals surface area contributed by atoms with Crippen molar-refractivity contribution < 1.29 is 17.0 Å². The van der Waals surface area contributed by atoms with Gasteiger partial charge in [0.2, 0.25) is 0 Å². The van der Waals surface area contributed by atoms with E-state index in [0.717, 1.165) is 12.8 Å². The molecule has 13 heavy (non-hydrogen) atoms. The largest absolute Gasteiger partial charge is 2.00 e. The number of hydrogen-bond donors (Lipinski definition) is 0. The molecule has 0 aliphatic rings. The van der Waals surface area contributed by atoms with Crippen molar-refractivity contribution in [3.63, 3.8) is 0 Å².